The lowest BCUT2D eigenvalue weighted by atomic mass is 10.3. The van der Waals surface area contributed by atoms with E-state index in [2.05, 4.69) is 17.6 Å². The average Bonchev–Trinajstić information content (AvgIpc) is 2.75. The third-order valence-corrected chi connectivity index (χ3v) is 2.99. The SMILES string of the molecule is CCCNC(C)C(=O)NCc1cccs1.Cl. The molecule has 92 valence electrons. The van der Waals surface area contributed by atoms with Gasteiger partial charge in [0, 0.05) is 4.88 Å². The zero-order chi connectivity index (χ0) is 11.1. The number of halogens is 1. The van der Waals surface area contributed by atoms with Crippen LogP contribution in [0, 0.1) is 0 Å². The third kappa shape index (κ3) is 5.49. The van der Waals surface area contributed by atoms with E-state index in [4.69, 9.17) is 0 Å². The van der Waals surface area contributed by atoms with Crippen molar-refractivity contribution in [2.24, 2.45) is 0 Å². The van der Waals surface area contributed by atoms with Gasteiger partial charge in [-0.05, 0) is 31.3 Å². The van der Waals surface area contributed by atoms with Crippen molar-refractivity contribution in [1.29, 1.82) is 0 Å². The first-order chi connectivity index (χ1) is 7.24. The summed E-state index contributed by atoms with van der Waals surface area (Å²) in [6.07, 6.45) is 1.04. The van der Waals surface area contributed by atoms with E-state index in [1.165, 1.54) is 4.88 Å². The Morgan fingerprint density at radius 1 is 1.56 bits per heavy atom. The van der Waals surface area contributed by atoms with E-state index in [0.29, 0.717) is 6.54 Å². The lowest BCUT2D eigenvalue weighted by molar-refractivity contribution is -0.122. The van der Waals surface area contributed by atoms with Crippen LogP contribution in [-0.4, -0.2) is 18.5 Å². The fraction of sp³-hybridized carbons (Fsp3) is 0.545. The summed E-state index contributed by atoms with van der Waals surface area (Å²) >= 11 is 1.66. The first-order valence-corrected chi connectivity index (χ1v) is 6.15. The molecule has 0 bridgehead atoms. The van der Waals surface area contributed by atoms with Crippen LogP contribution in [0.5, 0.6) is 0 Å². The van der Waals surface area contributed by atoms with Crippen LogP contribution in [0.2, 0.25) is 0 Å². The van der Waals surface area contributed by atoms with Gasteiger partial charge in [0.05, 0.1) is 12.6 Å². The zero-order valence-corrected chi connectivity index (χ0v) is 11.3. The Kier molecular flexibility index (Phi) is 8.25. The van der Waals surface area contributed by atoms with Gasteiger partial charge in [0.2, 0.25) is 5.91 Å². The molecule has 0 aliphatic heterocycles. The minimum atomic E-state index is -0.107. The molecule has 2 N–H and O–H groups in total. The number of rotatable bonds is 6. The molecule has 0 saturated heterocycles. The van der Waals surface area contributed by atoms with Gasteiger partial charge in [0.25, 0.3) is 0 Å². The van der Waals surface area contributed by atoms with E-state index >= 15 is 0 Å². The molecule has 1 aromatic heterocycles. The number of amides is 1. The van der Waals surface area contributed by atoms with Crippen molar-refractivity contribution >= 4 is 29.7 Å². The minimum absolute atomic E-state index is 0. The van der Waals surface area contributed by atoms with Gasteiger partial charge in [-0.15, -0.1) is 23.7 Å². The number of nitrogens with one attached hydrogen (secondary N) is 2. The van der Waals surface area contributed by atoms with Gasteiger partial charge in [0.15, 0.2) is 0 Å². The summed E-state index contributed by atoms with van der Waals surface area (Å²) in [5, 5.41) is 8.07. The molecule has 0 radical (unpaired) electrons. The van der Waals surface area contributed by atoms with Crippen molar-refractivity contribution < 1.29 is 4.79 Å². The molecule has 0 aromatic carbocycles. The van der Waals surface area contributed by atoms with Crippen LogP contribution in [0.4, 0.5) is 0 Å². The maximum Gasteiger partial charge on any atom is 0.237 e. The Balaban J connectivity index is 0.00000225. The highest BCUT2D eigenvalue weighted by molar-refractivity contribution is 7.09. The molecular formula is C11H19ClN2OS. The standard InChI is InChI=1S/C11H18N2OS.ClH/c1-3-6-12-9(2)11(14)13-8-10-5-4-7-15-10;/h4-5,7,9,12H,3,6,8H2,1-2H3,(H,13,14);1H. The van der Waals surface area contributed by atoms with E-state index in [1.54, 1.807) is 11.3 Å². The Hall–Kier alpha value is -0.580. The number of hydrogen-bond donors (Lipinski definition) is 2. The molecule has 0 aliphatic rings. The molecule has 0 spiro atoms. The quantitative estimate of drug-likeness (QED) is 0.825. The van der Waals surface area contributed by atoms with E-state index in [9.17, 15) is 4.79 Å². The highest BCUT2D eigenvalue weighted by Gasteiger charge is 2.10. The van der Waals surface area contributed by atoms with E-state index < -0.39 is 0 Å². The number of carbonyl (C=O) groups is 1. The van der Waals surface area contributed by atoms with Gasteiger partial charge >= 0.3 is 0 Å². The molecule has 5 heteroatoms. The fourth-order valence-corrected chi connectivity index (χ4v) is 1.84. The van der Waals surface area contributed by atoms with Gasteiger partial charge in [-0.25, -0.2) is 0 Å². The molecule has 1 rings (SSSR count). The van der Waals surface area contributed by atoms with Gasteiger partial charge in [-0.2, -0.15) is 0 Å². The number of hydrogen-bond acceptors (Lipinski definition) is 3. The molecule has 0 fully saturated rings. The highest BCUT2D eigenvalue weighted by Crippen LogP contribution is 2.07. The molecule has 0 aliphatic carbocycles. The van der Waals surface area contributed by atoms with Crippen LogP contribution in [0.15, 0.2) is 17.5 Å². The van der Waals surface area contributed by atoms with Crippen LogP contribution in [0.3, 0.4) is 0 Å². The Morgan fingerprint density at radius 2 is 2.31 bits per heavy atom. The van der Waals surface area contributed by atoms with Crippen molar-refractivity contribution in [3.05, 3.63) is 22.4 Å². The number of carbonyl (C=O) groups excluding carboxylic acids is 1. The molecule has 16 heavy (non-hydrogen) atoms. The summed E-state index contributed by atoms with van der Waals surface area (Å²) in [6.45, 7) is 5.49. The van der Waals surface area contributed by atoms with Crippen molar-refractivity contribution in [2.45, 2.75) is 32.9 Å². The second kappa shape index (κ2) is 8.56. The second-order valence-corrected chi connectivity index (χ2v) is 4.51. The van der Waals surface area contributed by atoms with Crippen LogP contribution in [0.1, 0.15) is 25.1 Å². The highest BCUT2D eigenvalue weighted by atomic mass is 35.5. The lowest BCUT2D eigenvalue weighted by Crippen LogP contribution is -2.41. The molecule has 1 amide bonds. The lowest BCUT2D eigenvalue weighted by Gasteiger charge is -2.12. The van der Waals surface area contributed by atoms with Crippen molar-refractivity contribution in [3.63, 3.8) is 0 Å². The maximum atomic E-state index is 11.6. The topological polar surface area (TPSA) is 41.1 Å². The van der Waals surface area contributed by atoms with Crippen molar-refractivity contribution in [1.82, 2.24) is 10.6 Å². The van der Waals surface area contributed by atoms with Gasteiger partial charge in [0.1, 0.15) is 0 Å². The Morgan fingerprint density at radius 3 is 2.88 bits per heavy atom. The Labute approximate surface area is 107 Å². The molecule has 1 aromatic rings. The van der Waals surface area contributed by atoms with Crippen LogP contribution in [0.25, 0.3) is 0 Å². The third-order valence-electron chi connectivity index (χ3n) is 2.11. The molecule has 0 saturated carbocycles. The summed E-state index contributed by atoms with van der Waals surface area (Å²) in [7, 11) is 0. The Bertz CT molecular complexity index is 290. The molecule has 1 atom stereocenters. The average molecular weight is 263 g/mol. The fourth-order valence-electron chi connectivity index (χ4n) is 1.19. The maximum absolute atomic E-state index is 11.6. The van der Waals surface area contributed by atoms with Crippen molar-refractivity contribution in [2.75, 3.05) is 6.54 Å². The first-order valence-electron chi connectivity index (χ1n) is 5.27. The zero-order valence-electron chi connectivity index (χ0n) is 9.66. The summed E-state index contributed by atoms with van der Waals surface area (Å²) in [5.74, 6) is 0.0665. The predicted octanol–water partition coefficient (Wildman–Crippen LogP) is 2.17. The second-order valence-electron chi connectivity index (χ2n) is 3.47. The predicted molar refractivity (Wildman–Crippen MR) is 71.2 cm³/mol. The van der Waals surface area contributed by atoms with E-state index in [-0.39, 0.29) is 24.4 Å². The smallest absolute Gasteiger partial charge is 0.237 e. The number of thiophene rings is 1. The first kappa shape index (κ1) is 15.4. The summed E-state index contributed by atoms with van der Waals surface area (Å²) in [5.41, 5.74) is 0. The molecule has 3 nitrogen and oxygen atoms in total. The van der Waals surface area contributed by atoms with Gasteiger partial charge < -0.3 is 10.6 Å². The summed E-state index contributed by atoms with van der Waals surface area (Å²) < 4.78 is 0. The van der Waals surface area contributed by atoms with Crippen LogP contribution < -0.4 is 10.6 Å². The summed E-state index contributed by atoms with van der Waals surface area (Å²) in [4.78, 5) is 12.8. The van der Waals surface area contributed by atoms with Crippen LogP contribution in [-0.2, 0) is 11.3 Å². The minimum Gasteiger partial charge on any atom is -0.350 e. The van der Waals surface area contributed by atoms with Crippen molar-refractivity contribution in [3.8, 4) is 0 Å². The molecule has 1 unspecified atom stereocenters. The monoisotopic (exact) mass is 262 g/mol. The van der Waals surface area contributed by atoms with E-state index in [1.807, 2.05) is 24.4 Å². The normalized spacial score (nSPS) is 11.6. The largest absolute Gasteiger partial charge is 0.350 e. The van der Waals surface area contributed by atoms with Gasteiger partial charge in [-0.1, -0.05) is 13.0 Å². The van der Waals surface area contributed by atoms with Gasteiger partial charge in [-0.3, -0.25) is 4.79 Å². The molecule has 1 heterocycles. The van der Waals surface area contributed by atoms with E-state index in [0.717, 1.165) is 13.0 Å². The molecular weight excluding hydrogens is 244 g/mol. The van der Waals surface area contributed by atoms with Crippen LogP contribution >= 0.6 is 23.7 Å². The summed E-state index contributed by atoms with van der Waals surface area (Å²) in [6, 6.07) is 3.91.